The van der Waals surface area contributed by atoms with Crippen LogP contribution in [0.3, 0.4) is 0 Å². The van der Waals surface area contributed by atoms with Gasteiger partial charge in [-0.15, -0.1) is 0 Å². The average molecular weight is 456 g/mol. The third-order valence-corrected chi connectivity index (χ3v) is 5.89. The van der Waals surface area contributed by atoms with Crippen LogP contribution in [0, 0.1) is 5.92 Å². The first-order chi connectivity index (χ1) is 10.1. The quantitative estimate of drug-likeness (QED) is 0.197. The zero-order valence-corrected chi connectivity index (χ0v) is 16.4. The van der Waals surface area contributed by atoms with E-state index in [1.54, 1.807) is 13.8 Å². The van der Waals surface area contributed by atoms with Crippen molar-refractivity contribution < 1.29 is 31.9 Å². The first-order valence-corrected chi connectivity index (χ1v) is 10.00. The maximum absolute atomic E-state index is 14.3. The Labute approximate surface area is 144 Å². The van der Waals surface area contributed by atoms with Crippen LogP contribution in [0.4, 0.5) is 8.78 Å². The Balaban J connectivity index is 4.80. The van der Waals surface area contributed by atoms with Gasteiger partial charge in [-0.3, -0.25) is 9.36 Å². The molecular formula is C13H24F2IO5P. The van der Waals surface area contributed by atoms with Gasteiger partial charge in [0, 0.05) is 10.3 Å². The molecule has 0 rings (SSSR count). The summed E-state index contributed by atoms with van der Waals surface area (Å²) >= 11 is 1.82. The number of halogens is 3. The summed E-state index contributed by atoms with van der Waals surface area (Å²) in [5, 5.41) is 0. The van der Waals surface area contributed by atoms with Gasteiger partial charge in [0.05, 0.1) is 25.7 Å². The standard InChI is InChI=1S/C13H24F2IO5P/c1-5-19-12(17)10(4)8-11(16)9-13(14,15)22(18,20-6-2)21-7-3/h10-11H,5-9H2,1-4H3. The number of hydrogen-bond acceptors (Lipinski definition) is 5. The SMILES string of the molecule is CCOC(=O)C(C)CC(I)CC(F)(F)P(=O)(OCC)OCC. The number of esters is 1. The molecule has 0 amide bonds. The first-order valence-electron chi connectivity index (χ1n) is 7.21. The second kappa shape index (κ2) is 10.2. The summed E-state index contributed by atoms with van der Waals surface area (Å²) in [4.78, 5) is 11.5. The molecule has 0 aliphatic heterocycles. The topological polar surface area (TPSA) is 61.8 Å². The minimum absolute atomic E-state index is 0.127. The van der Waals surface area contributed by atoms with Gasteiger partial charge in [-0.1, -0.05) is 29.5 Å². The molecule has 0 aliphatic carbocycles. The van der Waals surface area contributed by atoms with Gasteiger partial charge in [0.1, 0.15) is 0 Å². The molecule has 0 bridgehead atoms. The van der Waals surface area contributed by atoms with E-state index in [1.807, 2.05) is 22.6 Å². The Bertz CT molecular complexity index is 385. The van der Waals surface area contributed by atoms with E-state index in [9.17, 15) is 18.1 Å². The van der Waals surface area contributed by atoms with Crippen LogP contribution in [0.2, 0.25) is 0 Å². The van der Waals surface area contributed by atoms with Gasteiger partial charge in [0.2, 0.25) is 0 Å². The predicted octanol–water partition coefficient (Wildman–Crippen LogP) is 4.63. The summed E-state index contributed by atoms with van der Waals surface area (Å²) < 4.78 is 54.4. The molecule has 0 N–H and O–H groups in total. The Morgan fingerprint density at radius 1 is 1.18 bits per heavy atom. The number of alkyl halides is 3. The predicted molar refractivity (Wildman–Crippen MR) is 88.6 cm³/mol. The van der Waals surface area contributed by atoms with Gasteiger partial charge in [0.25, 0.3) is 0 Å². The number of rotatable bonds is 11. The van der Waals surface area contributed by atoms with E-state index < -0.39 is 35.5 Å². The third-order valence-electron chi connectivity index (χ3n) is 2.76. The van der Waals surface area contributed by atoms with Crippen molar-refractivity contribution in [1.82, 2.24) is 0 Å². The number of hydrogen-bond donors (Lipinski definition) is 0. The van der Waals surface area contributed by atoms with E-state index in [-0.39, 0.29) is 26.2 Å². The fourth-order valence-electron chi connectivity index (χ4n) is 1.79. The second-order valence-electron chi connectivity index (χ2n) is 4.69. The normalized spacial score (nSPS) is 15.4. The average Bonchev–Trinajstić information content (AvgIpc) is 2.38. The van der Waals surface area contributed by atoms with Crippen molar-refractivity contribution in [3.8, 4) is 0 Å². The molecule has 5 nitrogen and oxygen atoms in total. The molecule has 0 spiro atoms. The molecule has 0 aromatic rings. The summed E-state index contributed by atoms with van der Waals surface area (Å²) in [7, 11) is -4.51. The Kier molecular flexibility index (Phi) is 10.3. The van der Waals surface area contributed by atoms with E-state index in [1.165, 1.54) is 13.8 Å². The lowest BCUT2D eigenvalue weighted by Gasteiger charge is -2.27. The molecular weight excluding hydrogens is 432 g/mol. The summed E-state index contributed by atoms with van der Waals surface area (Å²) in [6.45, 7) is 6.25. The van der Waals surface area contributed by atoms with Crippen LogP contribution in [0.25, 0.3) is 0 Å². The van der Waals surface area contributed by atoms with Crippen LogP contribution in [0.15, 0.2) is 0 Å². The van der Waals surface area contributed by atoms with Crippen molar-refractivity contribution in [1.29, 1.82) is 0 Å². The van der Waals surface area contributed by atoms with E-state index in [2.05, 4.69) is 0 Å². The van der Waals surface area contributed by atoms with E-state index in [0.29, 0.717) is 0 Å². The highest BCUT2D eigenvalue weighted by molar-refractivity contribution is 14.1. The number of carbonyl (C=O) groups is 1. The summed E-state index contributed by atoms with van der Waals surface area (Å²) in [5.74, 6) is -0.929. The van der Waals surface area contributed by atoms with Crippen molar-refractivity contribution in [2.24, 2.45) is 5.92 Å². The lowest BCUT2D eigenvalue weighted by atomic mass is 10.0. The highest BCUT2D eigenvalue weighted by Gasteiger charge is 2.54. The maximum atomic E-state index is 14.3. The van der Waals surface area contributed by atoms with E-state index in [0.717, 1.165) is 0 Å². The van der Waals surface area contributed by atoms with E-state index in [4.69, 9.17) is 13.8 Å². The second-order valence-corrected chi connectivity index (χ2v) is 8.62. The maximum Gasteiger partial charge on any atom is 0.399 e. The van der Waals surface area contributed by atoms with Crippen molar-refractivity contribution in [3.63, 3.8) is 0 Å². The number of ether oxygens (including phenoxy) is 1. The van der Waals surface area contributed by atoms with Crippen molar-refractivity contribution in [3.05, 3.63) is 0 Å². The van der Waals surface area contributed by atoms with E-state index >= 15 is 0 Å². The van der Waals surface area contributed by atoms with Gasteiger partial charge in [-0.05, 0) is 27.2 Å². The molecule has 0 aromatic heterocycles. The first kappa shape index (κ1) is 22.2. The monoisotopic (exact) mass is 456 g/mol. The largest absolute Gasteiger partial charge is 0.466 e. The van der Waals surface area contributed by atoms with Crippen LogP contribution < -0.4 is 0 Å². The van der Waals surface area contributed by atoms with Crippen LogP contribution in [0.5, 0.6) is 0 Å². The van der Waals surface area contributed by atoms with Gasteiger partial charge >= 0.3 is 19.2 Å². The molecule has 0 saturated heterocycles. The summed E-state index contributed by atoms with van der Waals surface area (Å²) in [6, 6.07) is 0. The molecule has 2 atom stereocenters. The van der Waals surface area contributed by atoms with Crippen LogP contribution in [-0.4, -0.2) is 35.4 Å². The molecule has 0 saturated carbocycles. The lowest BCUT2D eigenvalue weighted by Crippen LogP contribution is -2.26. The van der Waals surface area contributed by atoms with Crippen LogP contribution in [-0.2, 0) is 23.1 Å². The Morgan fingerprint density at radius 3 is 2.09 bits per heavy atom. The zero-order chi connectivity index (χ0) is 17.4. The highest BCUT2D eigenvalue weighted by atomic mass is 127. The molecule has 0 aliphatic rings. The van der Waals surface area contributed by atoms with Crippen LogP contribution in [0.1, 0.15) is 40.5 Å². The molecule has 0 fully saturated rings. The highest BCUT2D eigenvalue weighted by Crippen LogP contribution is 2.64. The van der Waals surface area contributed by atoms with Gasteiger partial charge in [0.15, 0.2) is 0 Å². The third kappa shape index (κ3) is 6.76. The minimum Gasteiger partial charge on any atom is -0.466 e. The fraction of sp³-hybridized carbons (Fsp3) is 0.923. The summed E-state index contributed by atoms with van der Waals surface area (Å²) in [6.07, 6.45) is -0.484. The number of carbonyl (C=O) groups excluding carboxylic acids is 1. The molecule has 0 radical (unpaired) electrons. The molecule has 9 heteroatoms. The lowest BCUT2D eigenvalue weighted by molar-refractivity contribution is -0.147. The van der Waals surface area contributed by atoms with Gasteiger partial charge < -0.3 is 13.8 Å². The van der Waals surface area contributed by atoms with Crippen molar-refractivity contribution in [2.45, 2.75) is 50.1 Å². The van der Waals surface area contributed by atoms with Crippen LogP contribution >= 0.6 is 30.2 Å². The molecule has 132 valence electrons. The zero-order valence-electron chi connectivity index (χ0n) is 13.3. The molecule has 0 aromatic carbocycles. The molecule has 2 unspecified atom stereocenters. The molecule has 0 heterocycles. The molecule has 22 heavy (non-hydrogen) atoms. The van der Waals surface area contributed by atoms with Gasteiger partial charge in [-0.25, -0.2) is 0 Å². The Morgan fingerprint density at radius 2 is 1.68 bits per heavy atom. The summed E-state index contributed by atoms with van der Waals surface area (Å²) in [5.41, 5.74) is -3.60. The minimum atomic E-state index is -4.51. The van der Waals surface area contributed by atoms with Crippen molar-refractivity contribution in [2.75, 3.05) is 19.8 Å². The fourth-order valence-corrected chi connectivity index (χ4v) is 5.03. The Hall–Kier alpha value is 0.210. The van der Waals surface area contributed by atoms with Gasteiger partial charge in [-0.2, -0.15) is 8.78 Å². The van der Waals surface area contributed by atoms with Crippen molar-refractivity contribution >= 4 is 36.2 Å². The smallest absolute Gasteiger partial charge is 0.399 e.